The average molecular weight is 315 g/mol. The van der Waals surface area contributed by atoms with E-state index in [0.29, 0.717) is 0 Å². The first-order valence-electron chi connectivity index (χ1n) is 6.49. The van der Waals surface area contributed by atoms with Crippen LogP contribution in [0.4, 0.5) is 0 Å². The van der Waals surface area contributed by atoms with Crippen LogP contribution in [-0.2, 0) is 17.0 Å². The first-order valence-corrected chi connectivity index (χ1v) is 8.29. The molecule has 0 radical (unpaired) electrons. The molecule has 1 N–H and O–H groups in total. The van der Waals surface area contributed by atoms with Crippen LogP contribution in [0.15, 0.2) is 52.9 Å². The van der Waals surface area contributed by atoms with Crippen molar-refractivity contribution in [3.8, 4) is 0 Å². The molecular formula is C16H13NO2S2. The fraction of sp³-hybridized carbons (Fsp3) is 0.125. The third kappa shape index (κ3) is 3.43. The molecule has 0 aliphatic carbocycles. The number of aliphatic carboxylic acids is 1. The maximum absolute atomic E-state index is 10.9. The number of hydrogen-bond donors (Lipinski definition) is 1. The average Bonchev–Trinajstić information content (AvgIpc) is 2.88. The summed E-state index contributed by atoms with van der Waals surface area (Å²) >= 11 is 3.33. The standard InChI is InChI=1S/C16H13NO2S2/c18-15(19)9-11-5-1-2-6-12(11)10-20-16-17-13-7-3-4-8-14(13)21-16/h1-8H,9-10H2,(H,18,19). The number of carboxylic acids is 1. The molecule has 3 rings (SSSR count). The van der Waals surface area contributed by atoms with Gasteiger partial charge in [0.1, 0.15) is 0 Å². The monoisotopic (exact) mass is 315 g/mol. The Bertz CT molecular complexity index is 750. The Balaban J connectivity index is 1.76. The van der Waals surface area contributed by atoms with Gasteiger partial charge in [0.05, 0.1) is 16.6 Å². The predicted octanol–water partition coefficient (Wildman–Crippen LogP) is 4.22. The van der Waals surface area contributed by atoms with Crippen molar-refractivity contribution in [2.45, 2.75) is 16.5 Å². The number of rotatable bonds is 5. The Kier molecular flexibility index (Phi) is 4.22. The van der Waals surface area contributed by atoms with Gasteiger partial charge in [0.25, 0.3) is 0 Å². The van der Waals surface area contributed by atoms with Crippen LogP contribution in [0.1, 0.15) is 11.1 Å². The van der Waals surface area contributed by atoms with Gasteiger partial charge < -0.3 is 5.11 Å². The van der Waals surface area contributed by atoms with Crippen LogP contribution >= 0.6 is 23.1 Å². The van der Waals surface area contributed by atoms with E-state index < -0.39 is 5.97 Å². The van der Waals surface area contributed by atoms with Gasteiger partial charge in [-0.1, -0.05) is 48.2 Å². The molecule has 5 heteroatoms. The fourth-order valence-corrected chi connectivity index (χ4v) is 4.19. The van der Waals surface area contributed by atoms with Gasteiger partial charge in [-0.25, -0.2) is 4.98 Å². The molecule has 0 aliphatic heterocycles. The first-order chi connectivity index (χ1) is 10.2. The lowest BCUT2D eigenvalue weighted by Gasteiger charge is -2.05. The summed E-state index contributed by atoms with van der Waals surface area (Å²) in [5.41, 5.74) is 2.95. The molecule has 0 amide bonds. The maximum Gasteiger partial charge on any atom is 0.307 e. The Labute approximate surface area is 130 Å². The summed E-state index contributed by atoms with van der Waals surface area (Å²) in [6, 6.07) is 15.8. The Morgan fingerprint density at radius 2 is 1.81 bits per heavy atom. The lowest BCUT2D eigenvalue weighted by atomic mass is 10.1. The van der Waals surface area contributed by atoms with Gasteiger partial charge in [-0.15, -0.1) is 11.3 Å². The lowest BCUT2D eigenvalue weighted by molar-refractivity contribution is -0.136. The molecule has 1 heterocycles. The minimum Gasteiger partial charge on any atom is -0.481 e. The fourth-order valence-electron chi connectivity index (χ4n) is 2.09. The molecule has 0 saturated carbocycles. The summed E-state index contributed by atoms with van der Waals surface area (Å²) in [4.78, 5) is 15.5. The van der Waals surface area contributed by atoms with Crippen LogP contribution in [-0.4, -0.2) is 16.1 Å². The molecule has 0 bridgehead atoms. The van der Waals surface area contributed by atoms with E-state index in [1.54, 1.807) is 23.1 Å². The second kappa shape index (κ2) is 6.28. The highest BCUT2D eigenvalue weighted by Gasteiger charge is 2.08. The summed E-state index contributed by atoms with van der Waals surface area (Å²) in [5, 5.41) is 8.95. The van der Waals surface area contributed by atoms with Crippen molar-refractivity contribution < 1.29 is 9.90 Å². The zero-order valence-electron chi connectivity index (χ0n) is 11.2. The van der Waals surface area contributed by atoms with Crippen LogP contribution in [0.5, 0.6) is 0 Å². The number of benzene rings is 2. The summed E-state index contributed by atoms with van der Waals surface area (Å²) in [7, 11) is 0. The van der Waals surface area contributed by atoms with Gasteiger partial charge in [-0.05, 0) is 23.3 Å². The summed E-state index contributed by atoms with van der Waals surface area (Å²) in [6.45, 7) is 0. The number of para-hydroxylation sites is 1. The number of thiazole rings is 1. The van der Waals surface area contributed by atoms with Gasteiger partial charge in [-0.3, -0.25) is 4.79 Å². The molecule has 2 aromatic carbocycles. The van der Waals surface area contributed by atoms with E-state index in [1.165, 1.54) is 4.70 Å². The van der Waals surface area contributed by atoms with Crippen molar-refractivity contribution in [2.75, 3.05) is 0 Å². The zero-order valence-corrected chi connectivity index (χ0v) is 12.8. The SMILES string of the molecule is O=C(O)Cc1ccccc1CSc1nc2ccccc2s1. The predicted molar refractivity (Wildman–Crippen MR) is 87.0 cm³/mol. The smallest absolute Gasteiger partial charge is 0.307 e. The lowest BCUT2D eigenvalue weighted by Crippen LogP contribution is -2.02. The van der Waals surface area contributed by atoms with Crippen LogP contribution in [0.3, 0.4) is 0 Å². The largest absolute Gasteiger partial charge is 0.481 e. The second-order valence-corrected chi connectivity index (χ2v) is 6.83. The van der Waals surface area contributed by atoms with Crippen molar-refractivity contribution >= 4 is 39.3 Å². The van der Waals surface area contributed by atoms with Crippen LogP contribution < -0.4 is 0 Å². The normalized spacial score (nSPS) is 10.9. The molecule has 3 aromatic rings. The molecule has 21 heavy (non-hydrogen) atoms. The summed E-state index contributed by atoms with van der Waals surface area (Å²) in [6.07, 6.45) is 0.0660. The second-order valence-electron chi connectivity index (χ2n) is 4.58. The van der Waals surface area contributed by atoms with Crippen LogP contribution in [0.25, 0.3) is 10.2 Å². The van der Waals surface area contributed by atoms with E-state index in [-0.39, 0.29) is 6.42 Å². The zero-order chi connectivity index (χ0) is 14.7. The molecule has 106 valence electrons. The molecule has 0 unspecified atom stereocenters. The molecule has 1 aromatic heterocycles. The van der Waals surface area contributed by atoms with E-state index in [0.717, 1.165) is 26.7 Å². The van der Waals surface area contributed by atoms with E-state index in [9.17, 15) is 4.79 Å². The van der Waals surface area contributed by atoms with E-state index in [1.807, 2.05) is 42.5 Å². The number of fused-ring (bicyclic) bond motifs is 1. The number of thioether (sulfide) groups is 1. The minimum absolute atomic E-state index is 0.0660. The Hall–Kier alpha value is -1.85. The summed E-state index contributed by atoms with van der Waals surface area (Å²) in [5.74, 6) is -0.0593. The van der Waals surface area contributed by atoms with Crippen molar-refractivity contribution in [2.24, 2.45) is 0 Å². The number of hydrogen-bond acceptors (Lipinski definition) is 4. The van der Waals surface area contributed by atoms with Crippen molar-refractivity contribution in [3.63, 3.8) is 0 Å². The third-order valence-electron chi connectivity index (χ3n) is 3.09. The number of aromatic nitrogens is 1. The van der Waals surface area contributed by atoms with Crippen molar-refractivity contribution in [1.29, 1.82) is 0 Å². The number of carboxylic acid groups (broad SMARTS) is 1. The molecule has 3 nitrogen and oxygen atoms in total. The van der Waals surface area contributed by atoms with Gasteiger partial charge in [0, 0.05) is 5.75 Å². The highest BCUT2D eigenvalue weighted by atomic mass is 32.2. The van der Waals surface area contributed by atoms with Crippen LogP contribution in [0, 0.1) is 0 Å². The Morgan fingerprint density at radius 3 is 2.57 bits per heavy atom. The molecular weight excluding hydrogens is 302 g/mol. The van der Waals surface area contributed by atoms with Gasteiger partial charge in [-0.2, -0.15) is 0 Å². The molecule has 0 atom stereocenters. The number of nitrogens with zero attached hydrogens (tertiary/aromatic N) is 1. The molecule has 0 spiro atoms. The van der Waals surface area contributed by atoms with E-state index in [4.69, 9.17) is 5.11 Å². The minimum atomic E-state index is -0.799. The quantitative estimate of drug-likeness (QED) is 0.716. The Morgan fingerprint density at radius 1 is 1.10 bits per heavy atom. The van der Waals surface area contributed by atoms with Crippen LogP contribution in [0.2, 0.25) is 0 Å². The molecule has 0 aliphatic rings. The van der Waals surface area contributed by atoms with Gasteiger partial charge in [0.15, 0.2) is 4.34 Å². The first kappa shape index (κ1) is 14.1. The van der Waals surface area contributed by atoms with Crippen molar-refractivity contribution in [1.82, 2.24) is 4.98 Å². The van der Waals surface area contributed by atoms with Gasteiger partial charge >= 0.3 is 5.97 Å². The molecule has 0 fully saturated rings. The van der Waals surface area contributed by atoms with Crippen molar-refractivity contribution in [3.05, 3.63) is 59.7 Å². The number of carbonyl (C=O) groups is 1. The highest BCUT2D eigenvalue weighted by Crippen LogP contribution is 2.32. The third-order valence-corrected chi connectivity index (χ3v) is 5.31. The summed E-state index contributed by atoms with van der Waals surface area (Å²) < 4.78 is 2.19. The van der Waals surface area contributed by atoms with Gasteiger partial charge in [0.2, 0.25) is 0 Å². The molecule has 0 saturated heterocycles. The van der Waals surface area contributed by atoms with E-state index in [2.05, 4.69) is 11.1 Å². The topological polar surface area (TPSA) is 50.2 Å². The highest BCUT2D eigenvalue weighted by molar-refractivity contribution is 8.00. The van der Waals surface area contributed by atoms with E-state index >= 15 is 0 Å². The maximum atomic E-state index is 10.9.